The van der Waals surface area contributed by atoms with Gasteiger partial charge in [-0.3, -0.25) is 0 Å². The number of phenolic OH excluding ortho intramolecular Hbond substituents is 1. The summed E-state index contributed by atoms with van der Waals surface area (Å²) in [6, 6.07) is 3.42. The number of hydrogen-bond acceptors (Lipinski definition) is 5. The number of thiophene rings is 1. The molecule has 0 bridgehead atoms. The Bertz CT molecular complexity index is 483. The predicted molar refractivity (Wildman–Crippen MR) is 57.7 cm³/mol. The lowest BCUT2D eigenvalue weighted by Gasteiger charge is -2.07. The maximum atomic E-state index is 9.70. The van der Waals surface area contributed by atoms with Crippen molar-refractivity contribution < 1.29 is 15.2 Å². The van der Waals surface area contributed by atoms with Gasteiger partial charge in [0.1, 0.15) is 5.75 Å². The van der Waals surface area contributed by atoms with Gasteiger partial charge in [-0.05, 0) is 22.9 Å². The van der Waals surface area contributed by atoms with Crippen LogP contribution in [0.3, 0.4) is 0 Å². The van der Waals surface area contributed by atoms with Crippen molar-refractivity contribution in [3.8, 4) is 5.75 Å². The molecule has 2 aromatic rings. The van der Waals surface area contributed by atoms with Crippen LogP contribution in [0.5, 0.6) is 5.75 Å². The molecule has 1 aromatic carbocycles. The number of rotatable bonds is 1. The lowest BCUT2D eigenvalue weighted by molar-refractivity contribution is 0.421. The number of benzene rings is 1. The second kappa shape index (κ2) is 3.16. The quantitative estimate of drug-likeness (QED) is 0.389. The summed E-state index contributed by atoms with van der Waals surface area (Å²) in [7, 11) is -1.75. The van der Waals surface area contributed by atoms with E-state index in [0.717, 1.165) is 5.39 Å². The molecule has 72 valence electrons. The first kappa shape index (κ1) is 9.33. The molecule has 4 nitrogen and oxygen atoms in total. The summed E-state index contributed by atoms with van der Waals surface area (Å²) >= 11 is 1.33. The summed E-state index contributed by atoms with van der Waals surface area (Å²) in [6.45, 7) is 0. The lowest BCUT2D eigenvalue weighted by atomic mass is 9.78. The van der Waals surface area contributed by atoms with Crippen LogP contribution in [0, 0.1) is 0 Å². The third-order valence-corrected chi connectivity index (χ3v) is 2.98. The Hall–Kier alpha value is -1.24. The minimum absolute atomic E-state index is 0.0278. The molecular weight excluding hydrogens is 201 g/mol. The van der Waals surface area contributed by atoms with Crippen molar-refractivity contribution in [2.24, 2.45) is 0 Å². The molecule has 0 aliphatic heterocycles. The van der Waals surface area contributed by atoms with Crippen LogP contribution in [0.2, 0.25) is 0 Å². The fourth-order valence-electron chi connectivity index (χ4n) is 1.40. The molecule has 6 heteroatoms. The van der Waals surface area contributed by atoms with Gasteiger partial charge < -0.3 is 20.9 Å². The molecule has 0 amide bonds. The molecule has 0 saturated carbocycles. The molecule has 0 spiro atoms. The molecule has 0 unspecified atom stereocenters. The van der Waals surface area contributed by atoms with Crippen molar-refractivity contribution in [2.45, 2.75) is 0 Å². The molecule has 0 aliphatic carbocycles. The van der Waals surface area contributed by atoms with E-state index in [1.165, 1.54) is 11.3 Å². The van der Waals surface area contributed by atoms with Crippen molar-refractivity contribution in [3.63, 3.8) is 0 Å². The van der Waals surface area contributed by atoms with Crippen LogP contribution in [0.4, 0.5) is 5.69 Å². The van der Waals surface area contributed by atoms with Crippen LogP contribution < -0.4 is 11.2 Å². The summed E-state index contributed by atoms with van der Waals surface area (Å²) < 4.78 is 0.613. The van der Waals surface area contributed by atoms with Gasteiger partial charge in [-0.2, -0.15) is 0 Å². The molecule has 1 heterocycles. The Morgan fingerprint density at radius 2 is 2.07 bits per heavy atom. The number of fused-ring (bicyclic) bond motifs is 1. The van der Waals surface area contributed by atoms with E-state index in [-0.39, 0.29) is 16.9 Å². The summed E-state index contributed by atoms with van der Waals surface area (Å²) in [6.07, 6.45) is 0. The molecule has 0 radical (unpaired) electrons. The molecule has 0 atom stereocenters. The van der Waals surface area contributed by atoms with E-state index in [1.807, 2.05) is 6.07 Å². The molecule has 5 N–H and O–H groups in total. The van der Waals surface area contributed by atoms with E-state index >= 15 is 0 Å². The average molecular weight is 209 g/mol. The van der Waals surface area contributed by atoms with E-state index in [1.54, 1.807) is 11.4 Å². The van der Waals surface area contributed by atoms with E-state index in [0.29, 0.717) is 4.70 Å². The topological polar surface area (TPSA) is 86.7 Å². The molecule has 0 aliphatic rings. The zero-order valence-electron chi connectivity index (χ0n) is 7.14. The number of anilines is 1. The number of phenols is 1. The first-order chi connectivity index (χ1) is 6.61. The van der Waals surface area contributed by atoms with Crippen LogP contribution in [0.25, 0.3) is 10.1 Å². The van der Waals surface area contributed by atoms with Gasteiger partial charge in [-0.1, -0.05) is 0 Å². The van der Waals surface area contributed by atoms with E-state index in [9.17, 15) is 5.11 Å². The van der Waals surface area contributed by atoms with Gasteiger partial charge in [0.2, 0.25) is 0 Å². The van der Waals surface area contributed by atoms with E-state index < -0.39 is 7.12 Å². The number of nitrogens with two attached hydrogens (primary N) is 1. The highest BCUT2D eigenvalue weighted by Crippen LogP contribution is 2.30. The monoisotopic (exact) mass is 209 g/mol. The zero-order valence-corrected chi connectivity index (χ0v) is 7.95. The standard InChI is InChI=1S/C8H8BNO3S/c10-5-3-4-1-2-14-8(4)7(11)6(5)9(12)13/h1-3,11-13H,10H2. The highest BCUT2D eigenvalue weighted by Gasteiger charge is 2.22. The summed E-state index contributed by atoms with van der Waals surface area (Å²) in [5.74, 6) is -0.148. The third kappa shape index (κ3) is 1.24. The summed E-state index contributed by atoms with van der Waals surface area (Å²) in [4.78, 5) is 0. The van der Waals surface area contributed by atoms with Gasteiger partial charge in [-0.25, -0.2) is 0 Å². The second-order valence-electron chi connectivity index (χ2n) is 2.94. The number of aromatic hydroxyl groups is 1. The molecule has 0 fully saturated rings. The molecule has 0 saturated heterocycles. The Kier molecular flexibility index (Phi) is 2.11. The minimum atomic E-state index is -1.75. The van der Waals surface area contributed by atoms with Gasteiger partial charge in [0.05, 0.1) is 4.70 Å². The van der Waals surface area contributed by atoms with Crippen LogP contribution in [0.1, 0.15) is 0 Å². The van der Waals surface area contributed by atoms with Crippen LogP contribution in [-0.2, 0) is 0 Å². The van der Waals surface area contributed by atoms with Crippen LogP contribution in [0.15, 0.2) is 17.5 Å². The first-order valence-corrected chi connectivity index (χ1v) is 4.84. The fourth-order valence-corrected chi connectivity index (χ4v) is 2.24. The number of nitrogen functional groups attached to an aromatic ring is 1. The summed E-state index contributed by atoms with van der Waals surface area (Å²) in [5.41, 5.74) is 5.73. The Morgan fingerprint density at radius 1 is 1.36 bits per heavy atom. The largest absolute Gasteiger partial charge is 0.507 e. The second-order valence-corrected chi connectivity index (χ2v) is 3.86. The number of hydrogen-bond donors (Lipinski definition) is 4. The smallest absolute Gasteiger partial charge is 0.494 e. The normalized spacial score (nSPS) is 10.7. The Balaban J connectivity index is 2.82. The van der Waals surface area contributed by atoms with Gasteiger partial charge in [0, 0.05) is 11.2 Å². The maximum Gasteiger partial charge on any atom is 0.494 e. The van der Waals surface area contributed by atoms with Gasteiger partial charge >= 0.3 is 7.12 Å². The minimum Gasteiger partial charge on any atom is -0.507 e. The van der Waals surface area contributed by atoms with Crippen molar-refractivity contribution in [1.29, 1.82) is 0 Å². The lowest BCUT2D eigenvalue weighted by Crippen LogP contribution is -2.32. The van der Waals surface area contributed by atoms with Crippen molar-refractivity contribution >= 4 is 39.7 Å². The van der Waals surface area contributed by atoms with Gasteiger partial charge in [0.25, 0.3) is 0 Å². The van der Waals surface area contributed by atoms with Crippen molar-refractivity contribution in [3.05, 3.63) is 17.5 Å². The maximum absolute atomic E-state index is 9.70. The summed E-state index contributed by atoms with van der Waals surface area (Å²) in [5, 5.41) is 30.3. The average Bonchev–Trinajstić information content (AvgIpc) is 2.50. The molecular formula is C8H8BNO3S. The predicted octanol–water partition coefficient (Wildman–Crippen LogP) is -0.131. The van der Waals surface area contributed by atoms with Crippen LogP contribution in [-0.4, -0.2) is 22.3 Å². The molecule has 1 aromatic heterocycles. The van der Waals surface area contributed by atoms with Gasteiger partial charge in [0.15, 0.2) is 0 Å². The highest BCUT2D eigenvalue weighted by atomic mass is 32.1. The third-order valence-electron chi connectivity index (χ3n) is 2.05. The van der Waals surface area contributed by atoms with Crippen LogP contribution >= 0.6 is 11.3 Å². The molecule has 2 rings (SSSR count). The van der Waals surface area contributed by atoms with E-state index in [4.69, 9.17) is 15.8 Å². The Labute approximate surface area is 84.4 Å². The van der Waals surface area contributed by atoms with E-state index in [2.05, 4.69) is 0 Å². The van der Waals surface area contributed by atoms with Gasteiger partial charge in [-0.15, -0.1) is 11.3 Å². The molecule has 14 heavy (non-hydrogen) atoms. The SMILES string of the molecule is Nc1cc2ccsc2c(O)c1B(O)O. The Morgan fingerprint density at radius 3 is 2.71 bits per heavy atom. The van der Waals surface area contributed by atoms with Crippen molar-refractivity contribution in [1.82, 2.24) is 0 Å². The zero-order chi connectivity index (χ0) is 10.3. The highest BCUT2D eigenvalue weighted by molar-refractivity contribution is 7.17. The fraction of sp³-hybridized carbons (Fsp3) is 0. The van der Waals surface area contributed by atoms with Crippen molar-refractivity contribution in [2.75, 3.05) is 5.73 Å². The first-order valence-electron chi connectivity index (χ1n) is 3.96.